The fourth-order valence-corrected chi connectivity index (χ4v) is 2.16. The number of aromatic nitrogens is 1. The molecule has 0 bridgehead atoms. The van der Waals surface area contributed by atoms with E-state index in [0.717, 1.165) is 12.2 Å². The second kappa shape index (κ2) is 7.24. The maximum Gasteiger partial charge on any atom is 0.253 e. The third kappa shape index (κ3) is 4.53. The Balaban J connectivity index is 1.48. The molecule has 0 aliphatic heterocycles. The Bertz CT molecular complexity index is 639. The summed E-state index contributed by atoms with van der Waals surface area (Å²) in [6.45, 7) is 1.05. The van der Waals surface area contributed by atoms with Crippen LogP contribution in [0.2, 0.25) is 0 Å². The highest BCUT2D eigenvalue weighted by atomic mass is 16.5. The van der Waals surface area contributed by atoms with Crippen molar-refractivity contribution in [3.8, 4) is 5.88 Å². The average Bonchev–Trinajstić information content (AvgIpc) is 3.43. The van der Waals surface area contributed by atoms with Gasteiger partial charge < -0.3 is 15.2 Å². The quantitative estimate of drug-likeness (QED) is 0.822. The maximum absolute atomic E-state index is 12.0. The van der Waals surface area contributed by atoms with Gasteiger partial charge in [-0.15, -0.1) is 0 Å². The van der Waals surface area contributed by atoms with Gasteiger partial charge in [0.25, 0.3) is 5.91 Å². The lowest BCUT2D eigenvalue weighted by Gasteiger charge is -2.12. The van der Waals surface area contributed by atoms with Gasteiger partial charge in [0.05, 0.1) is 6.61 Å². The molecule has 1 aliphatic carbocycles. The number of nitrogens with one attached hydrogen (secondary N) is 1. The fourth-order valence-electron chi connectivity index (χ4n) is 2.16. The van der Waals surface area contributed by atoms with Gasteiger partial charge in [0.1, 0.15) is 0 Å². The van der Waals surface area contributed by atoms with E-state index in [1.807, 2.05) is 12.1 Å². The smallest absolute Gasteiger partial charge is 0.253 e. The maximum atomic E-state index is 12.0. The van der Waals surface area contributed by atoms with Crippen LogP contribution in [-0.4, -0.2) is 22.6 Å². The number of pyridine rings is 1. The number of aliphatic hydroxyl groups excluding tert-OH is 1. The first-order valence-electron chi connectivity index (χ1n) is 7.81. The van der Waals surface area contributed by atoms with Crippen molar-refractivity contribution < 1.29 is 14.6 Å². The van der Waals surface area contributed by atoms with Gasteiger partial charge in [-0.05, 0) is 29.9 Å². The average molecular weight is 312 g/mol. The van der Waals surface area contributed by atoms with Gasteiger partial charge in [-0.25, -0.2) is 4.98 Å². The van der Waals surface area contributed by atoms with Crippen molar-refractivity contribution in [2.75, 3.05) is 6.61 Å². The van der Waals surface area contributed by atoms with Crippen LogP contribution in [-0.2, 0) is 11.3 Å². The number of hydrogen-bond acceptors (Lipinski definition) is 4. The molecular weight excluding hydrogens is 292 g/mol. The number of rotatable bonds is 7. The molecule has 5 nitrogen and oxygen atoms in total. The molecule has 1 aliphatic rings. The van der Waals surface area contributed by atoms with Gasteiger partial charge in [-0.1, -0.05) is 36.4 Å². The van der Waals surface area contributed by atoms with Gasteiger partial charge in [-0.3, -0.25) is 4.79 Å². The molecular formula is C18H20N2O3. The predicted molar refractivity (Wildman–Crippen MR) is 85.7 cm³/mol. The van der Waals surface area contributed by atoms with Crippen molar-refractivity contribution in [2.45, 2.75) is 25.5 Å². The first-order chi connectivity index (χ1) is 11.2. The van der Waals surface area contributed by atoms with Crippen LogP contribution in [0, 0.1) is 5.92 Å². The predicted octanol–water partition coefficient (Wildman–Crippen LogP) is 2.22. The number of aliphatic hydroxyl groups is 1. The Morgan fingerprint density at radius 2 is 2.04 bits per heavy atom. The number of benzene rings is 1. The Labute approximate surface area is 135 Å². The number of carbonyl (C=O) groups excluding carboxylic acids is 1. The summed E-state index contributed by atoms with van der Waals surface area (Å²) in [5.74, 6) is 0.872. The molecule has 1 aromatic heterocycles. The van der Waals surface area contributed by atoms with Crippen LogP contribution in [0.1, 0.15) is 30.1 Å². The van der Waals surface area contributed by atoms with E-state index in [9.17, 15) is 9.90 Å². The highest BCUT2D eigenvalue weighted by Crippen LogP contribution is 2.29. The molecule has 5 heteroatoms. The van der Waals surface area contributed by atoms with E-state index >= 15 is 0 Å². The van der Waals surface area contributed by atoms with Crippen molar-refractivity contribution in [1.29, 1.82) is 0 Å². The zero-order valence-electron chi connectivity index (χ0n) is 12.8. The summed E-state index contributed by atoms with van der Waals surface area (Å²) in [6.07, 6.45) is 3.00. The van der Waals surface area contributed by atoms with Crippen molar-refractivity contribution >= 4 is 5.91 Å². The molecule has 1 unspecified atom stereocenters. The van der Waals surface area contributed by atoms with E-state index in [-0.39, 0.29) is 0 Å². The van der Waals surface area contributed by atoms with Crippen LogP contribution >= 0.6 is 0 Å². The Morgan fingerprint density at radius 1 is 1.26 bits per heavy atom. The summed E-state index contributed by atoms with van der Waals surface area (Å²) in [7, 11) is 0. The van der Waals surface area contributed by atoms with Crippen LogP contribution in [0.3, 0.4) is 0 Å². The number of hydrogen-bond donors (Lipinski definition) is 2. The van der Waals surface area contributed by atoms with Gasteiger partial charge in [0.15, 0.2) is 6.10 Å². The molecule has 1 aromatic carbocycles. The first-order valence-corrected chi connectivity index (χ1v) is 7.81. The van der Waals surface area contributed by atoms with E-state index in [2.05, 4.69) is 10.3 Å². The molecule has 2 N–H and O–H groups in total. The minimum absolute atomic E-state index is 0.318. The van der Waals surface area contributed by atoms with E-state index in [1.54, 1.807) is 36.5 Å². The van der Waals surface area contributed by atoms with Crippen LogP contribution in [0.4, 0.5) is 0 Å². The van der Waals surface area contributed by atoms with E-state index < -0.39 is 12.0 Å². The molecule has 2 aromatic rings. The largest absolute Gasteiger partial charge is 0.477 e. The van der Waals surface area contributed by atoms with Crippen molar-refractivity contribution in [3.05, 3.63) is 59.8 Å². The van der Waals surface area contributed by atoms with E-state index in [0.29, 0.717) is 23.9 Å². The van der Waals surface area contributed by atoms with Gasteiger partial charge in [-0.2, -0.15) is 0 Å². The summed E-state index contributed by atoms with van der Waals surface area (Å²) in [5.41, 5.74) is 1.43. The Hall–Kier alpha value is -2.40. The lowest BCUT2D eigenvalue weighted by molar-refractivity contribution is -0.129. The second-order valence-electron chi connectivity index (χ2n) is 5.79. The van der Waals surface area contributed by atoms with E-state index in [4.69, 9.17) is 4.74 Å². The van der Waals surface area contributed by atoms with Crippen LogP contribution in [0.5, 0.6) is 5.88 Å². The van der Waals surface area contributed by atoms with E-state index in [1.165, 1.54) is 12.8 Å². The SMILES string of the molecule is O=C(NCc1ccc(OCC2CC2)nc1)C(O)c1ccccc1. The third-order valence-corrected chi connectivity index (χ3v) is 3.79. The molecule has 0 spiro atoms. The fraction of sp³-hybridized carbons (Fsp3) is 0.333. The minimum Gasteiger partial charge on any atom is -0.477 e. The first kappa shape index (κ1) is 15.5. The molecule has 1 saturated carbocycles. The summed E-state index contributed by atoms with van der Waals surface area (Å²) < 4.78 is 5.57. The molecule has 0 saturated heterocycles. The number of nitrogens with zero attached hydrogens (tertiary/aromatic N) is 1. The summed E-state index contributed by atoms with van der Waals surface area (Å²) in [5, 5.41) is 12.7. The molecule has 1 fully saturated rings. The lowest BCUT2D eigenvalue weighted by Crippen LogP contribution is -2.28. The topological polar surface area (TPSA) is 71.5 Å². The van der Waals surface area contributed by atoms with Crippen molar-refractivity contribution in [1.82, 2.24) is 10.3 Å². The molecule has 120 valence electrons. The third-order valence-electron chi connectivity index (χ3n) is 3.79. The zero-order chi connectivity index (χ0) is 16.1. The highest BCUT2D eigenvalue weighted by Gasteiger charge is 2.22. The number of amides is 1. The monoisotopic (exact) mass is 312 g/mol. The summed E-state index contributed by atoms with van der Waals surface area (Å²) in [6, 6.07) is 12.5. The number of carbonyl (C=O) groups is 1. The summed E-state index contributed by atoms with van der Waals surface area (Å²) in [4.78, 5) is 16.2. The van der Waals surface area contributed by atoms with Gasteiger partial charge in [0, 0.05) is 18.8 Å². The highest BCUT2D eigenvalue weighted by molar-refractivity contribution is 5.81. The van der Waals surface area contributed by atoms with Gasteiger partial charge >= 0.3 is 0 Å². The molecule has 1 heterocycles. The standard InChI is InChI=1S/C18H20N2O3/c21-17(15-4-2-1-3-5-15)18(22)20-11-14-8-9-16(19-10-14)23-12-13-6-7-13/h1-5,8-10,13,17,21H,6-7,11-12H2,(H,20,22). The minimum atomic E-state index is -1.16. The van der Waals surface area contributed by atoms with Crippen molar-refractivity contribution in [3.63, 3.8) is 0 Å². The molecule has 3 rings (SSSR count). The van der Waals surface area contributed by atoms with Crippen LogP contribution in [0.25, 0.3) is 0 Å². The zero-order valence-corrected chi connectivity index (χ0v) is 12.8. The molecule has 23 heavy (non-hydrogen) atoms. The second-order valence-corrected chi connectivity index (χ2v) is 5.79. The van der Waals surface area contributed by atoms with Crippen LogP contribution in [0.15, 0.2) is 48.7 Å². The van der Waals surface area contributed by atoms with Crippen LogP contribution < -0.4 is 10.1 Å². The molecule has 1 atom stereocenters. The normalized spacial score (nSPS) is 15.0. The summed E-state index contributed by atoms with van der Waals surface area (Å²) >= 11 is 0. The Kier molecular flexibility index (Phi) is 4.88. The van der Waals surface area contributed by atoms with Gasteiger partial charge in [0.2, 0.25) is 5.88 Å². The lowest BCUT2D eigenvalue weighted by atomic mass is 10.1. The Morgan fingerprint density at radius 3 is 2.70 bits per heavy atom. The van der Waals surface area contributed by atoms with Crippen molar-refractivity contribution in [2.24, 2.45) is 5.92 Å². The number of ether oxygens (including phenoxy) is 1. The molecule has 0 radical (unpaired) electrons. The molecule has 1 amide bonds.